The third-order valence-electron chi connectivity index (χ3n) is 7.19. The van der Waals surface area contributed by atoms with Crippen molar-refractivity contribution < 1.29 is 19.1 Å². The molecule has 0 spiro atoms. The smallest absolute Gasteiger partial charge is 0.327 e. The fourth-order valence-corrected chi connectivity index (χ4v) is 6.62. The summed E-state index contributed by atoms with van der Waals surface area (Å²) in [5.41, 5.74) is 2.20. The van der Waals surface area contributed by atoms with Gasteiger partial charge in [-0.25, -0.2) is 9.78 Å². The minimum absolute atomic E-state index is 0.146. The number of pyridine rings is 1. The van der Waals surface area contributed by atoms with Crippen LogP contribution in [-0.2, 0) is 9.59 Å². The average Bonchev–Trinajstić information content (AvgIpc) is 3.54. The van der Waals surface area contributed by atoms with E-state index in [4.69, 9.17) is 4.74 Å². The molecule has 0 saturated heterocycles. The molecule has 6 rings (SSSR count). The number of rotatable bonds is 7. The Morgan fingerprint density at radius 3 is 2.49 bits per heavy atom. The SMILES string of the molecule is C=CC(=O)N[C@H]1CCC[C@H]1NC(=O)C1Sc2nccc3c2C1NC(=O)N3c1ccc(Oc2ccccc2)cc1. The fraction of sp³-hybridized carbons (Fsp3) is 0.241. The van der Waals surface area contributed by atoms with Crippen LogP contribution < -0.4 is 25.6 Å². The molecule has 0 radical (unpaired) electrons. The molecule has 198 valence electrons. The molecule has 4 amide bonds. The van der Waals surface area contributed by atoms with E-state index in [1.165, 1.54) is 17.8 Å². The lowest BCUT2D eigenvalue weighted by Gasteiger charge is -2.34. The number of nitrogens with zero attached hydrogens (tertiary/aromatic N) is 2. The van der Waals surface area contributed by atoms with Gasteiger partial charge in [-0.2, -0.15) is 0 Å². The van der Waals surface area contributed by atoms with Crippen LogP contribution in [0.25, 0.3) is 0 Å². The van der Waals surface area contributed by atoms with Crippen LogP contribution in [0.4, 0.5) is 16.2 Å². The first-order valence-electron chi connectivity index (χ1n) is 12.8. The average molecular weight is 542 g/mol. The summed E-state index contributed by atoms with van der Waals surface area (Å²) >= 11 is 1.35. The maximum absolute atomic E-state index is 13.4. The summed E-state index contributed by atoms with van der Waals surface area (Å²) in [7, 11) is 0. The van der Waals surface area contributed by atoms with E-state index < -0.39 is 11.3 Å². The molecule has 1 aromatic heterocycles. The number of para-hydroxylation sites is 1. The van der Waals surface area contributed by atoms with E-state index in [9.17, 15) is 14.4 Å². The van der Waals surface area contributed by atoms with E-state index in [2.05, 4.69) is 27.5 Å². The van der Waals surface area contributed by atoms with Gasteiger partial charge in [-0.15, -0.1) is 0 Å². The second-order valence-electron chi connectivity index (χ2n) is 9.62. The number of carbonyl (C=O) groups is 3. The van der Waals surface area contributed by atoms with Gasteiger partial charge in [0, 0.05) is 23.8 Å². The van der Waals surface area contributed by atoms with Crippen molar-refractivity contribution in [1.82, 2.24) is 20.9 Å². The minimum Gasteiger partial charge on any atom is -0.457 e. The Kier molecular flexibility index (Phi) is 6.70. The number of urea groups is 1. The maximum Gasteiger partial charge on any atom is 0.327 e. The second-order valence-corrected chi connectivity index (χ2v) is 10.8. The number of nitrogens with one attached hydrogen (secondary N) is 3. The van der Waals surface area contributed by atoms with E-state index in [1.807, 2.05) is 54.6 Å². The van der Waals surface area contributed by atoms with Crippen molar-refractivity contribution in [2.24, 2.45) is 0 Å². The molecule has 1 fully saturated rings. The van der Waals surface area contributed by atoms with Crippen molar-refractivity contribution in [2.75, 3.05) is 4.90 Å². The predicted octanol–water partition coefficient (Wildman–Crippen LogP) is 4.59. The van der Waals surface area contributed by atoms with Crippen molar-refractivity contribution in [1.29, 1.82) is 0 Å². The number of benzene rings is 2. The lowest BCUT2D eigenvalue weighted by atomic mass is 9.99. The molecule has 3 heterocycles. The Hall–Kier alpha value is -4.31. The summed E-state index contributed by atoms with van der Waals surface area (Å²) in [5.74, 6) is 0.943. The van der Waals surface area contributed by atoms with Gasteiger partial charge in [-0.3, -0.25) is 14.5 Å². The van der Waals surface area contributed by atoms with Crippen molar-refractivity contribution in [3.63, 3.8) is 0 Å². The van der Waals surface area contributed by atoms with Gasteiger partial charge in [-0.05, 0) is 67.8 Å². The number of ether oxygens (including phenoxy) is 1. The van der Waals surface area contributed by atoms with Gasteiger partial charge in [0.25, 0.3) is 0 Å². The van der Waals surface area contributed by atoms with E-state index in [0.717, 1.165) is 35.6 Å². The van der Waals surface area contributed by atoms with E-state index in [1.54, 1.807) is 17.2 Å². The molecule has 2 aromatic carbocycles. The zero-order valence-electron chi connectivity index (χ0n) is 21.0. The molecule has 1 saturated carbocycles. The molecule has 3 aliphatic rings. The van der Waals surface area contributed by atoms with E-state index in [0.29, 0.717) is 17.1 Å². The first kappa shape index (κ1) is 25.0. The lowest BCUT2D eigenvalue weighted by molar-refractivity contribution is -0.122. The van der Waals surface area contributed by atoms with Crippen LogP contribution in [0.3, 0.4) is 0 Å². The van der Waals surface area contributed by atoms with E-state index in [-0.39, 0.29) is 29.9 Å². The molecule has 3 aromatic rings. The molecule has 10 heteroatoms. The van der Waals surface area contributed by atoms with Gasteiger partial charge >= 0.3 is 6.03 Å². The number of anilines is 2. The summed E-state index contributed by atoms with van der Waals surface area (Å²) in [4.78, 5) is 44.8. The summed E-state index contributed by atoms with van der Waals surface area (Å²) in [5, 5.41) is 9.20. The normalized spacial score (nSPS) is 23.0. The first-order valence-corrected chi connectivity index (χ1v) is 13.7. The van der Waals surface area contributed by atoms with Crippen LogP contribution >= 0.6 is 11.8 Å². The van der Waals surface area contributed by atoms with Crippen molar-refractivity contribution in [2.45, 2.75) is 47.7 Å². The standard InChI is InChI=1S/C29H27N5O4S/c1-2-23(35)31-20-9-6-10-21(20)32-27(36)26-25-24-22(15-16-30-28(24)39-26)34(29(37)33-25)17-11-13-19(14-12-17)38-18-7-4-3-5-8-18/h2-5,7-8,11-16,20-21,25-26H,1,6,9-10H2,(H,31,35)(H,32,36)(H,33,37)/t20-,21+,25?,26?/m0/s1. The van der Waals surface area contributed by atoms with Gasteiger partial charge in [0.15, 0.2) is 0 Å². The van der Waals surface area contributed by atoms with Crippen LogP contribution in [0, 0.1) is 0 Å². The number of hydrogen-bond donors (Lipinski definition) is 3. The highest BCUT2D eigenvalue weighted by molar-refractivity contribution is 8.01. The summed E-state index contributed by atoms with van der Waals surface area (Å²) < 4.78 is 5.89. The number of amides is 4. The summed E-state index contributed by atoms with van der Waals surface area (Å²) in [6, 6.07) is 17.4. The quantitative estimate of drug-likeness (QED) is 0.377. The van der Waals surface area contributed by atoms with Crippen molar-refractivity contribution in [3.05, 3.63) is 85.1 Å². The molecular weight excluding hydrogens is 514 g/mol. The van der Waals surface area contributed by atoms with Crippen LogP contribution in [0.1, 0.15) is 30.9 Å². The molecule has 3 N–H and O–H groups in total. The van der Waals surface area contributed by atoms with Gasteiger partial charge in [0.05, 0.1) is 17.4 Å². The summed E-state index contributed by atoms with van der Waals surface area (Å²) in [6.07, 6.45) is 5.37. The Balaban J connectivity index is 1.21. The molecule has 1 aliphatic carbocycles. The van der Waals surface area contributed by atoms with Gasteiger partial charge in [0.2, 0.25) is 11.8 Å². The molecular formula is C29H27N5O4S. The van der Waals surface area contributed by atoms with Crippen LogP contribution in [0.5, 0.6) is 11.5 Å². The molecule has 4 atom stereocenters. The predicted molar refractivity (Wildman–Crippen MR) is 148 cm³/mol. The monoisotopic (exact) mass is 541 g/mol. The van der Waals surface area contributed by atoms with Crippen LogP contribution in [-0.4, -0.2) is 40.2 Å². The Labute approximate surface area is 230 Å². The number of carbonyl (C=O) groups excluding carboxylic acids is 3. The second kappa shape index (κ2) is 10.5. The fourth-order valence-electron chi connectivity index (χ4n) is 5.38. The highest BCUT2D eigenvalue weighted by Gasteiger charge is 2.47. The van der Waals surface area contributed by atoms with Gasteiger partial charge in [0.1, 0.15) is 21.8 Å². The van der Waals surface area contributed by atoms with Crippen LogP contribution in [0.15, 0.2) is 84.5 Å². The Morgan fingerprint density at radius 2 is 1.74 bits per heavy atom. The van der Waals surface area contributed by atoms with Crippen molar-refractivity contribution >= 4 is 41.0 Å². The molecule has 2 aliphatic heterocycles. The number of hydrogen-bond acceptors (Lipinski definition) is 6. The third kappa shape index (κ3) is 4.83. The Morgan fingerprint density at radius 1 is 1.03 bits per heavy atom. The third-order valence-corrected chi connectivity index (χ3v) is 8.48. The zero-order chi connectivity index (χ0) is 26.9. The first-order chi connectivity index (χ1) is 19.0. The molecule has 39 heavy (non-hydrogen) atoms. The largest absolute Gasteiger partial charge is 0.457 e. The zero-order valence-corrected chi connectivity index (χ0v) is 21.8. The molecule has 9 nitrogen and oxygen atoms in total. The highest BCUT2D eigenvalue weighted by atomic mass is 32.2. The topological polar surface area (TPSA) is 113 Å². The van der Waals surface area contributed by atoms with Crippen LogP contribution in [0.2, 0.25) is 0 Å². The van der Waals surface area contributed by atoms with Gasteiger partial charge in [-0.1, -0.05) is 36.5 Å². The van der Waals surface area contributed by atoms with Crippen molar-refractivity contribution in [3.8, 4) is 11.5 Å². The highest BCUT2D eigenvalue weighted by Crippen LogP contribution is 2.50. The number of thioether (sulfide) groups is 1. The van der Waals surface area contributed by atoms with E-state index >= 15 is 0 Å². The Bertz CT molecular complexity index is 1430. The van der Waals surface area contributed by atoms with Gasteiger partial charge < -0.3 is 20.7 Å². The minimum atomic E-state index is -0.572. The molecule has 0 bridgehead atoms. The lowest BCUT2D eigenvalue weighted by Crippen LogP contribution is -2.53. The molecule has 2 unspecified atom stereocenters. The summed E-state index contributed by atoms with van der Waals surface area (Å²) in [6.45, 7) is 3.51. The maximum atomic E-state index is 13.4. The number of aromatic nitrogens is 1.